The van der Waals surface area contributed by atoms with Gasteiger partial charge in [-0.15, -0.1) is 18.3 Å². The Morgan fingerprint density at radius 3 is 2.58 bits per heavy atom. The van der Waals surface area contributed by atoms with Gasteiger partial charge in [0.25, 0.3) is 0 Å². The van der Waals surface area contributed by atoms with Gasteiger partial charge in [0.2, 0.25) is 0 Å². The van der Waals surface area contributed by atoms with Crippen molar-refractivity contribution in [1.82, 2.24) is 19.5 Å². The van der Waals surface area contributed by atoms with Crippen LogP contribution in [0.2, 0.25) is 0 Å². The Labute approximate surface area is 218 Å². The summed E-state index contributed by atoms with van der Waals surface area (Å²) in [6.07, 6.45) is -0.973. The minimum absolute atomic E-state index is 0.0480. The average molecular weight is 536 g/mol. The molecule has 0 radical (unpaired) electrons. The number of carbonyl (C=O) groups excluding carboxylic acids is 2. The molecule has 2 heterocycles. The molecule has 3 aromatic rings. The third-order valence-electron chi connectivity index (χ3n) is 6.28. The van der Waals surface area contributed by atoms with Crippen molar-refractivity contribution in [3.63, 3.8) is 0 Å². The van der Waals surface area contributed by atoms with Crippen LogP contribution in [-0.4, -0.2) is 57.8 Å². The molecule has 1 fully saturated rings. The van der Waals surface area contributed by atoms with Crippen molar-refractivity contribution in [2.45, 2.75) is 59.5 Å². The second-order valence-electron chi connectivity index (χ2n) is 8.77. The quantitative estimate of drug-likeness (QED) is 0.297. The number of hydrogen-bond acceptors (Lipinski definition) is 8. The molecule has 2 N–H and O–H groups in total. The number of alkyl halides is 3. The number of nitrogen functional groups attached to an aromatic ring is 1. The standard InChI is InChI=1S/C24H26F3N5O4.C2H6/c1-4-35-23(34)20-21(28)30-32-8-7-18(29-22(20)32)15-9-16(11-31(3)13(2)14-5-6-14)17(12-33)19(10-15)36-24(25,26)27;1-2/h7-10,12-14H,4-6,11H2,1-3H3,(H2,28,30);1-2H3. The molecular weight excluding hydrogens is 503 g/mol. The second kappa shape index (κ2) is 11.8. The molecule has 1 unspecified atom stereocenters. The van der Waals surface area contributed by atoms with E-state index in [1.165, 1.54) is 16.8 Å². The average Bonchev–Trinajstić information content (AvgIpc) is 3.65. The monoisotopic (exact) mass is 535 g/mol. The number of ether oxygens (including phenoxy) is 2. The van der Waals surface area contributed by atoms with E-state index >= 15 is 0 Å². The summed E-state index contributed by atoms with van der Waals surface area (Å²) in [4.78, 5) is 30.7. The number of fused-ring (bicyclic) bond motifs is 1. The summed E-state index contributed by atoms with van der Waals surface area (Å²) in [6, 6.07) is 4.41. The molecule has 0 spiro atoms. The zero-order chi connectivity index (χ0) is 28.2. The lowest BCUT2D eigenvalue weighted by Gasteiger charge is -2.26. The number of aromatic nitrogens is 3. The van der Waals surface area contributed by atoms with Crippen LogP contribution in [-0.2, 0) is 11.3 Å². The summed E-state index contributed by atoms with van der Waals surface area (Å²) < 4.78 is 50.2. The van der Waals surface area contributed by atoms with Crippen LogP contribution in [0, 0.1) is 5.92 Å². The third kappa shape index (κ3) is 6.42. The van der Waals surface area contributed by atoms with Gasteiger partial charge in [0.05, 0.1) is 17.9 Å². The molecule has 0 bridgehead atoms. The highest BCUT2D eigenvalue weighted by Crippen LogP contribution is 2.37. The van der Waals surface area contributed by atoms with E-state index < -0.39 is 18.1 Å². The van der Waals surface area contributed by atoms with Crippen molar-refractivity contribution >= 4 is 23.7 Å². The highest BCUT2D eigenvalue weighted by atomic mass is 19.4. The molecule has 4 rings (SSSR count). The zero-order valence-corrected chi connectivity index (χ0v) is 22.0. The largest absolute Gasteiger partial charge is 0.573 e. The first-order chi connectivity index (χ1) is 18.0. The predicted molar refractivity (Wildman–Crippen MR) is 136 cm³/mol. The molecule has 1 aliphatic carbocycles. The maximum atomic E-state index is 13.2. The van der Waals surface area contributed by atoms with Crippen LogP contribution >= 0.6 is 0 Å². The van der Waals surface area contributed by atoms with Crippen LogP contribution < -0.4 is 10.5 Å². The Balaban J connectivity index is 0.00000195. The maximum Gasteiger partial charge on any atom is 0.573 e. The Morgan fingerprint density at radius 1 is 1.32 bits per heavy atom. The van der Waals surface area contributed by atoms with E-state index in [-0.39, 0.29) is 53.0 Å². The Kier molecular flexibility index (Phi) is 8.97. The molecule has 0 amide bonds. The van der Waals surface area contributed by atoms with Crippen LogP contribution in [0.4, 0.5) is 19.0 Å². The van der Waals surface area contributed by atoms with Crippen molar-refractivity contribution in [3.05, 3.63) is 41.1 Å². The van der Waals surface area contributed by atoms with Crippen LogP contribution in [0.5, 0.6) is 5.75 Å². The molecule has 9 nitrogen and oxygen atoms in total. The normalized spacial score (nSPS) is 14.1. The molecule has 2 aromatic heterocycles. The highest BCUT2D eigenvalue weighted by Gasteiger charge is 2.34. The topological polar surface area (TPSA) is 112 Å². The number of halogens is 3. The molecule has 0 aliphatic heterocycles. The van der Waals surface area contributed by atoms with E-state index in [4.69, 9.17) is 10.5 Å². The lowest BCUT2D eigenvalue weighted by atomic mass is 10.00. The number of nitrogens with zero attached hydrogens (tertiary/aromatic N) is 4. The summed E-state index contributed by atoms with van der Waals surface area (Å²) in [5, 5.41) is 4.05. The number of anilines is 1. The predicted octanol–water partition coefficient (Wildman–Crippen LogP) is 5.12. The first-order valence-electron chi connectivity index (χ1n) is 12.4. The maximum absolute atomic E-state index is 13.2. The molecule has 1 aliphatic rings. The van der Waals surface area contributed by atoms with Gasteiger partial charge < -0.3 is 15.2 Å². The number of nitrogens with two attached hydrogens (primary N) is 1. The number of aldehydes is 1. The first kappa shape index (κ1) is 28.9. The number of rotatable bonds is 9. The third-order valence-corrected chi connectivity index (χ3v) is 6.28. The number of esters is 1. The number of benzene rings is 1. The summed E-state index contributed by atoms with van der Waals surface area (Å²) in [7, 11) is 1.86. The van der Waals surface area contributed by atoms with E-state index in [1.54, 1.807) is 13.0 Å². The van der Waals surface area contributed by atoms with Gasteiger partial charge in [0, 0.05) is 24.3 Å². The Bertz CT molecular complexity index is 1300. The van der Waals surface area contributed by atoms with E-state index in [0.29, 0.717) is 17.8 Å². The lowest BCUT2D eigenvalue weighted by Crippen LogP contribution is -2.30. The van der Waals surface area contributed by atoms with Gasteiger partial charge in [-0.1, -0.05) is 13.8 Å². The highest BCUT2D eigenvalue weighted by molar-refractivity contribution is 6.01. The van der Waals surface area contributed by atoms with Crippen LogP contribution in [0.15, 0.2) is 24.4 Å². The number of hydrogen-bond donors (Lipinski definition) is 1. The van der Waals surface area contributed by atoms with Crippen molar-refractivity contribution in [2.24, 2.45) is 5.92 Å². The van der Waals surface area contributed by atoms with E-state index in [0.717, 1.165) is 18.9 Å². The van der Waals surface area contributed by atoms with Crippen LogP contribution in [0.1, 0.15) is 66.8 Å². The fourth-order valence-corrected chi connectivity index (χ4v) is 4.16. The molecule has 0 saturated heterocycles. The van der Waals surface area contributed by atoms with Crippen molar-refractivity contribution < 1.29 is 32.2 Å². The minimum Gasteiger partial charge on any atom is -0.462 e. The first-order valence-corrected chi connectivity index (χ1v) is 12.4. The van der Waals surface area contributed by atoms with Crippen LogP contribution in [0.25, 0.3) is 16.9 Å². The molecular formula is C26H32F3N5O4. The summed E-state index contributed by atoms with van der Waals surface area (Å²) in [5.41, 5.74) is 6.58. The smallest absolute Gasteiger partial charge is 0.462 e. The lowest BCUT2D eigenvalue weighted by molar-refractivity contribution is -0.274. The fourth-order valence-electron chi connectivity index (χ4n) is 4.16. The fraction of sp³-hybridized carbons (Fsp3) is 0.462. The minimum atomic E-state index is -5.00. The number of carbonyl (C=O) groups is 2. The van der Waals surface area contributed by atoms with Gasteiger partial charge in [-0.05, 0) is 63.4 Å². The molecule has 206 valence electrons. The Hall–Kier alpha value is -3.67. The van der Waals surface area contributed by atoms with Gasteiger partial charge in [-0.25, -0.2) is 14.3 Å². The zero-order valence-electron chi connectivity index (χ0n) is 22.0. The van der Waals surface area contributed by atoms with Crippen LogP contribution in [0.3, 0.4) is 0 Å². The van der Waals surface area contributed by atoms with Gasteiger partial charge in [0.15, 0.2) is 17.8 Å². The molecule has 1 aromatic carbocycles. The van der Waals surface area contributed by atoms with Crippen molar-refractivity contribution in [2.75, 3.05) is 19.4 Å². The van der Waals surface area contributed by atoms with Crippen molar-refractivity contribution in [3.8, 4) is 17.0 Å². The van der Waals surface area contributed by atoms with Gasteiger partial charge in [-0.3, -0.25) is 9.69 Å². The molecule has 38 heavy (non-hydrogen) atoms. The summed E-state index contributed by atoms with van der Waals surface area (Å²) >= 11 is 0. The Morgan fingerprint density at radius 2 is 2.00 bits per heavy atom. The molecule has 1 atom stereocenters. The van der Waals surface area contributed by atoms with E-state index in [2.05, 4.69) is 14.8 Å². The van der Waals surface area contributed by atoms with E-state index in [1.807, 2.05) is 32.7 Å². The summed E-state index contributed by atoms with van der Waals surface area (Å²) in [5.74, 6) is -0.922. The SMILES string of the molecule is CC.CCOC(=O)c1c(N)nn2ccc(-c3cc(CN(C)C(C)C4CC4)c(C=O)c(OC(F)(F)F)c3)nc12. The molecule has 1 saturated carbocycles. The summed E-state index contributed by atoms with van der Waals surface area (Å²) in [6.45, 7) is 8.02. The van der Waals surface area contributed by atoms with Gasteiger partial charge >= 0.3 is 12.3 Å². The molecule has 12 heteroatoms. The van der Waals surface area contributed by atoms with Gasteiger partial charge in [-0.2, -0.15) is 0 Å². The van der Waals surface area contributed by atoms with Gasteiger partial charge in [0.1, 0.15) is 11.3 Å². The van der Waals surface area contributed by atoms with Crippen molar-refractivity contribution in [1.29, 1.82) is 0 Å². The van der Waals surface area contributed by atoms with E-state index in [9.17, 15) is 22.8 Å². The second-order valence-corrected chi connectivity index (χ2v) is 8.77.